The minimum atomic E-state index is -0.262. The van der Waals surface area contributed by atoms with Crippen LogP contribution in [0.3, 0.4) is 0 Å². The Morgan fingerprint density at radius 1 is 1.39 bits per heavy atom. The number of aliphatic hydroxyl groups excluding tert-OH is 1. The van der Waals surface area contributed by atoms with Crippen molar-refractivity contribution in [1.29, 1.82) is 0 Å². The number of aliphatic hydroxyl groups is 1. The fourth-order valence-electron chi connectivity index (χ4n) is 1.55. The zero-order chi connectivity index (χ0) is 13.5. The van der Waals surface area contributed by atoms with Crippen molar-refractivity contribution >= 4 is 29.1 Å². The molecule has 1 rings (SSSR count). The van der Waals surface area contributed by atoms with Gasteiger partial charge in [0.25, 0.3) is 5.91 Å². The summed E-state index contributed by atoms with van der Waals surface area (Å²) in [6, 6.07) is 4.97. The predicted molar refractivity (Wildman–Crippen MR) is 74.3 cm³/mol. The van der Waals surface area contributed by atoms with Crippen LogP contribution < -0.4 is 5.32 Å². The van der Waals surface area contributed by atoms with Crippen molar-refractivity contribution in [3.8, 4) is 0 Å². The summed E-state index contributed by atoms with van der Waals surface area (Å²) >= 11 is 11.9. The third kappa shape index (κ3) is 4.48. The molecule has 0 saturated carbocycles. The second kappa shape index (κ2) is 7.62. The molecular formula is C13H17Cl2NO2. The van der Waals surface area contributed by atoms with E-state index in [2.05, 4.69) is 5.32 Å². The average molecular weight is 290 g/mol. The first-order chi connectivity index (χ1) is 8.56. The third-order valence-corrected chi connectivity index (χ3v) is 3.29. The van der Waals surface area contributed by atoms with Gasteiger partial charge in [-0.2, -0.15) is 0 Å². The van der Waals surface area contributed by atoms with E-state index in [4.69, 9.17) is 28.3 Å². The summed E-state index contributed by atoms with van der Waals surface area (Å²) in [5, 5.41) is 12.3. The molecule has 1 aromatic carbocycles. The number of carbonyl (C=O) groups is 1. The molecule has 1 amide bonds. The van der Waals surface area contributed by atoms with Crippen LogP contribution in [0.5, 0.6) is 0 Å². The van der Waals surface area contributed by atoms with Crippen molar-refractivity contribution in [2.45, 2.75) is 19.8 Å². The number of carbonyl (C=O) groups excluding carboxylic acids is 1. The van der Waals surface area contributed by atoms with Crippen LogP contribution in [0.25, 0.3) is 0 Å². The zero-order valence-corrected chi connectivity index (χ0v) is 11.8. The Hall–Kier alpha value is -0.770. The van der Waals surface area contributed by atoms with E-state index >= 15 is 0 Å². The number of hydrogen-bond donors (Lipinski definition) is 2. The molecule has 0 aliphatic heterocycles. The minimum Gasteiger partial charge on any atom is -0.396 e. The molecule has 2 N–H and O–H groups in total. The van der Waals surface area contributed by atoms with Gasteiger partial charge in [-0.3, -0.25) is 4.79 Å². The first-order valence-corrected chi connectivity index (χ1v) is 6.65. The van der Waals surface area contributed by atoms with Crippen LogP contribution in [0.1, 0.15) is 30.1 Å². The van der Waals surface area contributed by atoms with E-state index in [0.29, 0.717) is 22.2 Å². The van der Waals surface area contributed by atoms with E-state index in [0.717, 1.165) is 12.8 Å². The van der Waals surface area contributed by atoms with E-state index in [1.165, 1.54) is 0 Å². The third-order valence-electron chi connectivity index (χ3n) is 2.66. The monoisotopic (exact) mass is 289 g/mol. The Bertz CT molecular complexity index is 390. The van der Waals surface area contributed by atoms with Gasteiger partial charge >= 0.3 is 0 Å². The molecule has 1 aromatic rings. The van der Waals surface area contributed by atoms with E-state index in [1.807, 2.05) is 6.92 Å². The second-order valence-electron chi connectivity index (χ2n) is 4.28. The van der Waals surface area contributed by atoms with Crippen molar-refractivity contribution in [1.82, 2.24) is 5.32 Å². The molecule has 0 aliphatic carbocycles. The average Bonchev–Trinajstić information content (AvgIpc) is 2.34. The van der Waals surface area contributed by atoms with Crippen molar-refractivity contribution < 1.29 is 9.90 Å². The number of rotatable bonds is 6. The predicted octanol–water partition coefficient (Wildman–Crippen LogP) is 3.13. The topological polar surface area (TPSA) is 49.3 Å². The summed E-state index contributed by atoms with van der Waals surface area (Å²) in [5.74, 6) is -0.00643. The molecule has 0 heterocycles. The molecule has 1 unspecified atom stereocenters. The first kappa shape index (κ1) is 15.3. The minimum absolute atomic E-state index is 0.171. The first-order valence-electron chi connectivity index (χ1n) is 5.89. The van der Waals surface area contributed by atoms with Crippen LogP contribution in [0, 0.1) is 5.92 Å². The van der Waals surface area contributed by atoms with Gasteiger partial charge in [0.1, 0.15) is 0 Å². The van der Waals surface area contributed by atoms with E-state index in [-0.39, 0.29) is 18.4 Å². The fraction of sp³-hybridized carbons (Fsp3) is 0.462. The van der Waals surface area contributed by atoms with Gasteiger partial charge in [-0.05, 0) is 30.9 Å². The SMILES string of the molecule is CC(CO)CCCNC(=O)c1c(Cl)cccc1Cl. The molecule has 0 spiro atoms. The summed E-state index contributed by atoms with van der Waals surface area (Å²) in [4.78, 5) is 11.9. The van der Waals surface area contributed by atoms with Crippen molar-refractivity contribution in [2.24, 2.45) is 5.92 Å². The molecular weight excluding hydrogens is 273 g/mol. The van der Waals surface area contributed by atoms with E-state index in [1.54, 1.807) is 18.2 Å². The quantitative estimate of drug-likeness (QED) is 0.791. The van der Waals surface area contributed by atoms with Crippen molar-refractivity contribution in [3.63, 3.8) is 0 Å². The molecule has 100 valence electrons. The van der Waals surface area contributed by atoms with Gasteiger partial charge in [-0.15, -0.1) is 0 Å². The number of hydrogen-bond acceptors (Lipinski definition) is 2. The maximum absolute atomic E-state index is 11.9. The highest BCUT2D eigenvalue weighted by Crippen LogP contribution is 2.23. The van der Waals surface area contributed by atoms with Crippen LogP contribution in [0.4, 0.5) is 0 Å². The number of amides is 1. The lowest BCUT2D eigenvalue weighted by atomic mass is 10.1. The number of nitrogens with one attached hydrogen (secondary N) is 1. The Morgan fingerprint density at radius 2 is 2.00 bits per heavy atom. The largest absolute Gasteiger partial charge is 0.396 e. The van der Waals surface area contributed by atoms with Gasteiger partial charge in [0.05, 0.1) is 15.6 Å². The molecule has 0 saturated heterocycles. The lowest BCUT2D eigenvalue weighted by molar-refractivity contribution is 0.0952. The molecule has 5 heteroatoms. The normalized spacial score (nSPS) is 12.2. The van der Waals surface area contributed by atoms with Gasteiger partial charge in [0.2, 0.25) is 0 Å². The number of benzene rings is 1. The van der Waals surface area contributed by atoms with Crippen LogP contribution in [-0.2, 0) is 0 Å². The molecule has 3 nitrogen and oxygen atoms in total. The van der Waals surface area contributed by atoms with Gasteiger partial charge < -0.3 is 10.4 Å². The van der Waals surface area contributed by atoms with Gasteiger partial charge in [-0.25, -0.2) is 0 Å². The van der Waals surface area contributed by atoms with Crippen molar-refractivity contribution in [2.75, 3.05) is 13.2 Å². The van der Waals surface area contributed by atoms with Gasteiger partial charge in [0, 0.05) is 13.2 Å². The highest BCUT2D eigenvalue weighted by Gasteiger charge is 2.13. The molecule has 0 radical (unpaired) electrons. The van der Waals surface area contributed by atoms with Gasteiger partial charge in [-0.1, -0.05) is 36.2 Å². The summed E-state index contributed by atoms with van der Waals surface area (Å²) in [6.07, 6.45) is 1.68. The molecule has 0 fully saturated rings. The standard InChI is InChI=1S/C13H17Cl2NO2/c1-9(8-17)4-3-7-16-13(18)12-10(14)5-2-6-11(12)15/h2,5-6,9,17H,3-4,7-8H2,1H3,(H,16,18). The maximum Gasteiger partial charge on any atom is 0.254 e. The van der Waals surface area contributed by atoms with Gasteiger partial charge in [0.15, 0.2) is 0 Å². The Morgan fingerprint density at radius 3 is 2.56 bits per heavy atom. The van der Waals surface area contributed by atoms with Crippen LogP contribution in [0.2, 0.25) is 10.0 Å². The zero-order valence-electron chi connectivity index (χ0n) is 10.2. The highest BCUT2D eigenvalue weighted by molar-refractivity contribution is 6.39. The molecule has 0 aliphatic rings. The van der Waals surface area contributed by atoms with Crippen molar-refractivity contribution in [3.05, 3.63) is 33.8 Å². The second-order valence-corrected chi connectivity index (χ2v) is 5.10. The Kier molecular flexibility index (Phi) is 6.47. The van der Waals surface area contributed by atoms with Crippen LogP contribution in [-0.4, -0.2) is 24.2 Å². The molecule has 18 heavy (non-hydrogen) atoms. The maximum atomic E-state index is 11.9. The van der Waals surface area contributed by atoms with Crippen LogP contribution in [0.15, 0.2) is 18.2 Å². The molecule has 0 aromatic heterocycles. The fourth-order valence-corrected chi connectivity index (χ4v) is 2.12. The van der Waals surface area contributed by atoms with E-state index in [9.17, 15) is 4.79 Å². The number of halogens is 2. The molecule has 1 atom stereocenters. The smallest absolute Gasteiger partial charge is 0.254 e. The molecule has 0 bridgehead atoms. The Labute approximate surface area is 117 Å². The lowest BCUT2D eigenvalue weighted by Crippen LogP contribution is -2.25. The van der Waals surface area contributed by atoms with E-state index < -0.39 is 0 Å². The summed E-state index contributed by atoms with van der Waals surface area (Å²) in [5.41, 5.74) is 0.316. The summed E-state index contributed by atoms with van der Waals surface area (Å²) in [6.45, 7) is 2.68. The lowest BCUT2D eigenvalue weighted by Gasteiger charge is -2.10. The summed E-state index contributed by atoms with van der Waals surface area (Å²) in [7, 11) is 0. The Balaban J connectivity index is 2.46. The summed E-state index contributed by atoms with van der Waals surface area (Å²) < 4.78 is 0. The highest BCUT2D eigenvalue weighted by atomic mass is 35.5. The van der Waals surface area contributed by atoms with Crippen LogP contribution >= 0.6 is 23.2 Å².